The van der Waals surface area contributed by atoms with Gasteiger partial charge in [0.2, 0.25) is 5.82 Å². The summed E-state index contributed by atoms with van der Waals surface area (Å²) in [4.78, 5) is 16.5. The van der Waals surface area contributed by atoms with Gasteiger partial charge in [0.1, 0.15) is 18.1 Å². The summed E-state index contributed by atoms with van der Waals surface area (Å²) in [6.07, 6.45) is 2.23. The van der Waals surface area contributed by atoms with Crippen molar-refractivity contribution in [1.82, 2.24) is 10.1 Å². The first kappa shape index (κ1) is 19.9. The van der Waals surface area contributed by atoms with Crippen LogP contribution in [0.2, 0.25) is 0 Å². The van der Waals surface area contributed by atoms with E-state index in [9.17, 15) is 4.79 Å². The highest BCUT2D eigenvalue weighted by atomic mass is 16.6. The van der Waals surface area contributed by atoms with Gasteiger partial charge in [-0.1, -0.05) is 17.3 Å². The third-order valence-corrected chi connectivity index (χ3v) is 4.67. The minimum Gasteiger partial charge on any atom is -0.497 e. The Balaban J connectivity index is 1.29. The first-order valence-corrected chi connectivity index (χ1v) is 9.70. The van der Waals surface area contributed by atoms with E-state index >= 15 is 0 Å². The predicted octanol–water partition coefficient (Wildman–Crippen LogP) is 3.66. The summed E-state index contributed by atoms with van der Waals surface area (Å²) in [5, 5.41) is 3.92. The van der Waals surface area contributed by atoms with Crippen LogP contribution in [-0.2, 0) is 16.1 Å². The Morgan fingerprint density at radius 2 is 2.03 bits per heavy atom. The van der Waals surface area contributed by atoms with Crippen LogP contribution in [0.4, 0.5) is 0 Å². The Kier molecular flexibility index (Phi) is 6.24. The molecular weight excluding hydrogens is 388 g/mol. The van der Waals surface area contributed by atoms with Crippen LogP contribution in [0.25, 0.3) is 11.4 Å². The van der Waals surface area contributed by atoms with E-state index in [2.05, 4.69) is 10.1 Å². The molecule has 1 saturated heterocycles. The van der Waals surface area contributed by atoms with Crippen LogP contribution in [0.5, 0.6) is 11.5 Å². The van der Waals surface area contributed by atoms with Crippen molar-refractivity contribution in [3.8, 4) is 22.9 Å². The zero-order valence-corrected chi connectivity index (χ0v) is 16.6. The number of hydrogen-bond acceptors (Lipinski definition) is 8. The Labute approximate surface area is 173 Å². The summed E-state index contributed by atoms with van der Waals surface area (Å²) in [6, 6.07) is 14.1. The highest BCUT2D eigenvalue weighted by Crippen LogP contribution is 2.22. The summed E-state index contributed by atoms with van der Waals surface area (Å²) in [7, 11) is 1.59. The molecule has 0 aliphatic carbocycles. The molecule has 1 fully saturated rings. The minimum absolute atomic E-state index is 0.118. The summed E-state index contributed by atoms with van der Waals surface area (Å²) in [5.41, 5.74) is 1.15. The standard InChI is InChI=1S/C22H22N2O6/c1-26-18-5-2-4-16(12-18)21-23-20(30-24-21)14-29-22(25)15-7-9-17(10-8-15)28-13-19-6-3-11-27-19/h2,4-5,7-10,12,19H,3,6,11,13-14H2,1H3/t19-/m0/s1. The molecule has 0 unspecified atom stereocenters. The number of hydrogen-bond donors (Lipinski definition) is 0. The molecule has 1 aliphatic heterocycles. The number of rotatable bonds is 8. The second-order valence-electron chi connectivity index (χ2n) is 6.79. The van der Waals surface area contributed by atoms with Crippen LogP contribution >= 0.6 is 0 Å². The normalized spacial score (nSPS) is 15.7. The molecule has 0 saturated carbocycles. The molecule has 1 aliphatic rings. The molecule has 0 radical (unpaired) electrons. The fraction of sp³-hybridized carbons (Fsp3) is 0.318. The first-order valence-electron chi connectivity index (χ1n) is 9.70. The van der Waals surface area contributed by atoms with E-state index in [-0.39, 0.29) is 18.6 Å². The Morgan fingerprint density at radius 1 is 1.17 bits per heavy atom. The third kappa shape index (κ3) is 4.96. The second-order valence-corrected chi connectivity index (χ2v) is 6.79. The van der Waals surface area contributed by atoms with Gasteiger partial charge in [-0.15, -0.1) is 0 Å². The topological polar surface area (TPSA) is 92.9 Å². The number of esters is 1. The molecule has 2 aromatic carbocycles. The van der Waals surface area contributed by atoms with Gasteiger partial charge in [-0.05, 0) is 49.2 Å². The molecule has 2 heterocycles. The molecule has 156 valence electrons. The maximum atomic E-state index is 12.3. The molecule has 1 aromatic heterocycles. The van der Waals surface area contributed by atoms with Crippen LogP contribution in [0, 0.1) is 0 Å². The van der Waals surface area contributed by atoms with Gasteiger partial charge in [-0.3, -0.25) is 0 Å². The number of nitrogens with zero attached hydrogens (tertiary/aromatic N) is 2. The zero-order chi connectivity index (χ0) is 20.8. The van der Waals surface area contributed by atoms with Gasteiger partial charge in [0.15, 0.2) is 6.61 Å². The Morgan fingerprint density at radius 3 is 2.80 bits per heavy atom. The lowest BCUT2D eigenvalue weighted by Crippen LogP contribution is -2.16. The molecule has 0 amide bonds. The van der Waals surface area contributed by atoms with E-state index in [1.165, 1.54) is 0 Å². The van der Waals surface area contributed by atoms with Crippen LogP contribution in [-0.4, -0.2) is 42.5 Å². The van der Waals surface area contributed by atoms with E-state index in [0.717, 1.165) is 25.0 Å². The van der Waals surface area contributed by atoms with Crippen molar-refractivity contribution in [2.24, 2.45) is 0 Å². The third-order valence-electron chi connectivity index (χ3n) is 4.67. The lowest BCUT2D eigenvalue weighted by atomic mass is 10.2. The van der Waals surface area contributed by atoms with E-state index in [0.29, 0.717) is 29.5 Å². The first-order chi connectivity index (χ1) is 14.7. The van der Waals surface area contributed by atoms with Crippen molar-refractivity contribution in [3.63, 3.8) is 0 Å². The van der Waals surface area contributed by atoms with Crippen molar-refractivity contribution in [3.05, 3.63) is 60.0 Å². The molecule has 30 heavy (non-hydrogen) atoms. The van der Waals surface area contributed by atoms with Gasteiger partial charge < -0.3 is 23.5 Å². The van der Waals surface area contributed by atoms with Crippen molar-refractivity contribution in [2.75, 3.05) is 20.3 Å². The number of benzene rings is 2. The van der Waals surface area contributed by atoms with E-state index in [1.54, 1.807) is 37.4 Å². The largest absolute Gasteiger partial charge is 0.497 e. The smallest absolute Gasteiger partial charge is 0.338 e. The lowest BCUT2D eigenvalue weighted by Gasteiger charge is -2.11. The van der Waals surface area contributed by atoms with Gasteiger partial charge in [0.25, 0.3) is 5.89 Å². The molecule has 4 rings (SSSR count). The molecule has 8 nitrogen and oxygen atoms in total. The average molecular weight is 410 g/mol. The van der Waals surface area contributed by atoms with E-state index in [4.69, 9.17) is 23.5 Å². The lowest BCUT2D eigenvalue weighted by molar-refractivity contribution is 0.0429. The second kappa shape index (κ2) is 9.41. The molecule has 8 heteroatoms. The van der Waals surface area contributed by atoms with Crippen molar-refractivity contribution >= 4 is 5.97 Å². The average Bonchev–Trinajstić information content (AvgIpc) is 3.49. The zero-order valence-electron chi connectivity index (χ0n) is 16.6. The Hall–Kier alpha value is -3.39. The highest BCUT2D eigenvalue weighted by Gasteiger charge is 2.16. The van der Waals surface area contributed by atoms with Crippen LogP contribution in [0.15, 0.2) is 53.1 Å². The molecule has 0 bridgehead atoms. The fourth-order valence-corrected chi connectivity index (χ4v) is 3.06. The van der Waals surface area contributed by atoms with Crippen molar-refractivity contribution in [2.45, 2.75) is 25.6 Å². The van der Waals surface area contributed by atoms with Gasteiger partial charge in [-0.2, -0.15) is 4.98 Å². The predicted molar refractivity (Wildman–Crippen MR) is 106 cm³/mol. The van der Waals surface area contributed by atoms with E-state index < -0.39 is 5.97 Å². The van der Waals surface area contributed by atoms with Crippen LogP contribution in [0.1, 0.15) is 29.1 Å². The van der Waals surface area contributed by atoms with Crippen molar-refractivity contribution < 1.29 is 28.3 Å². The quantitative estimate of drug-likeness (QED) is 0.520. The monoisotopic (exact) mass is 410 g/mol. The summed E-state index contributed by atoms with van der Waals surface area (Å²) in [5.74, 6) is 1.49. The minimum atomic E-state index is -0.484. The molecular formula is C22H22N2O6. The van der Waals surface area contributed by atoms with Crippen LogP contribution < -0.4 is 9.47 Å². The maximum Gasteiger partial charge on any atom is 0.338 e. The summed E-state index contributed by atoms with van der Waals surface area (Å²) < 4.78 is 26.8. The number of aromatic nitrogens is 2. The van der Waals surface area contributed by atoms with Gasteiger partial charge in [0, 0.05) is 12.2 Å². The molecule has 0 N–H and O–H groups in total. The van der Waals surface area contributed by atoms with Crippen molar-refractivity contribution in [1.29, 1.82) is 0 Å². The van der Waals surface area contributed by atoms with Gasteiger partial charge in [0.05, 0.1) is 18.8 Å². The molecule has 3 aromatic rings. The molecule has 1 atom stereocenters. The maximum absolute atomic E-state index is 12.3. The Bertz CT molecular complexity index is 979. The summed E-state index contributed by atoms with van der Waals surface area (Å²) >= 11 is 0. The number of carbonyl (C=O) groups is 1. The number of carbonyl (C=O) groups excluding carboxylic acids is 1. The summed E-state index contributed by atoms with van der Waals surface area (Å²) in [6.45, 7) is 1.18. The fourth-order valence-electron chi connectivity index (χ4n) is 3.06. The highest BCUT2D eigenvalue weighted by molar-refractivity contribution is 5.89. The molecule has 0 spiro atoms. The van der Waals surface area contributed by atoms with Gasteiger partial charge in [-0.25, -0.2) is 4.79 Å². The van der Waals surface area contributed by atoms with E-state index in [1.807, 2.05) is 18.2 Å². The number of methoxy groups -OCH3 is 1. The van der Waals surface area contributed by atoms with Gasteiger partial charge >= 0.3 is 5.97 Å². The number of ether oxygens (including phenoxy) is 4. The van der Waals surface area contributed by atoms with Crippen LogP contribution in [0.3, 0.4) is 0 Å². The SMILES string of the molecule is COc1cccc(-c2noc(COC(=O)c3ccc(OC[C@@H]4CCCO4)cc3)n2)c1.